The number of thioether (sulfide) groups is 1. The van der Waals surface area contributed by atoms with E-state index in [1.54, 1.807) is 18.0 Å². The van der Waals surface area contributed by atoms with Crippen molar-refractivity contribution in [3.63, 3.8) is 0 Å². The fourth-order valence-corrected chi connectivity index (χ4v) is 3.33. The number of hydrogen-bond donors (Lipinski definition) is 1. The van der Waals surface area contributed by atoms with Crippen LogP contribution < -0.4 is 10.6 Å². The summed E-state index contributed by atoms with van der Waals surface area (Å²) < 4.78 is 2.02. The molecule has 2 N–H and O–H groups in total. The van der Waals surface area contributed by atoms with Crippen molar-refractivity contribution in [2.45, 2.75) is 18.4 Å². The number of anilines is 1. The molecule has 21 heavy (non-hydrogen) atoms. The van der Waals surface area contributed by atoms with Crippen molar-refractivity contribution in [2.75, 3.05) is 17.7 Å². The molecule has 0 spiro atoms. The van der Waals surface area contributed by atoms with Crippen molar-refractivity contribution in [3.05, 3.63) is 42.0 Å². The highest BCUT2D eigenvalue weighted by atomic mass is 32.2. The van der Waals surface area contributed by atoms with E-state index in [1.807, 2.05) is 30.9 Å². The van der Waals surface area contributed by atoms with Crippen LogP contribution >= 0.6 is 24.0 Å². The van der Waals surface area contributed by atoms with Gasteiger partial charge in [-0.1, -0.05) is 25.2 Å². The molecule has 0 saturated heterocycles. The lowest BCUT2D eigenvalue weighted by atomic mass is 10.1. The molecule has 0 fully saturated rings. The minimum atomic E-state index is 0.438. The number of thiocarbonyl (C=S) groups is 1. The molecular weight excluding hydrogens is 300 g/mol. The van der Waals surface area contributed by atoms with E-state index >= 15 is 0 Å². The summed E-state index contributed by atoms with van der Waals surface area (Å²) >= 11 is 7.02. The molecule has 2 rings (SSSR count). The van der Waals surface area contributed by atoms with E-state index in [1.165, 1.54) is 0 Å². The fourth-order valence-electron chi connectivity index (χ4n) is 2.21. The van der Waals surface area contributed by atoms with Gasteiger partial charge in [-0.2, -0.15) is 0 Å². The minimum absolute atomic E-state index is 0.438. The summed E-state index contributed by atoms with van der Waals surface area (Å²) in [6.45, 7) is 2.83. The number of hydrogen-bond acceptors (Lipinski definition) is 4. The van der Waals surface area contributed by atoms with Crippen LogP contribution in [0.25, 0.3) is 0 Å². The Morgan fingerprint density at radius 1 is 1.48 bits per heavy atom. The Bertz CT molecular complexity index is 636. The molecule has 0 aliphatic rings. The second-order valence-corrected chi connectivity index (χ2v) is 6.50. The van der Waals surface area contributed by atoms with Gasteiger partial charge >= 0.3 is 0 Å². The third-order valence-corrected chi connectivity index (χ3v) is 4.41. The number of aryl methyl sites for hydroxylation is 1. The van der Waals surface area contributed by atoms with Gasteiger partial charge < -0.3 is 15.2 Å². The number of nitrogens with zero attached hydrogens (tertiary/aromatic N) is 3. The molecule has 0 saturated carbocycles. The Kier molecular flexibility index (Phi) is 5.25. The maximum absolute atomic E-state index is 5.96. The average Bonchev–Trinajstić information content (AvgIpc) is 2.84. The van der Waals surface area contributed by atoms with Crippen LogP contribution in [0.2, 0.25) is 0 Å². The van der Waals surface area contributed by atoms with Gasteiger partial charge in [0.15, 0.2) is 0 Å². The first-order valence-corrected chi connectivity index (χ1v) is 8.17. The van der Waals surface area contributed by atoms with Gasteiger partial charge in [-0.05, 0) is 17.9 Å². The summed E-state index contributed by atoms with van der Waals surface area (Å²) in [5, 5.41) is 0. The Morgan fingerprint density at radius 2 is 2.24 bits per heavy atom. The van der Waals surface area contributed by atoms with Crippen molar-refractivity contribution >= 4 is 34.7 Å². The largest absolute Gasteiger partial charge is 0.389 e. The highest BCUT2D eigenvalue weighted by molar-refractivity contribution is 7.99. The van der Waals surface area contributed by atoms with Crippen molar-refractivity contribution in [3.8, 4) is 0 Å². The third kappa shape index (κ3) is 3.57. The van der Waals surface area contributed by atoms with E-state index in [9.17, 15) is 0 Å². The van der Waals surface area contributed by atoms with Crippen LogP contribution in [-0.2, 0) is 13.6 Å². The van der Waals surface area contributed by atoms with Crippen LogP contribution in [0.15, 0.2) is 35.5 Å². The number of aromatic nitrogens is 2. The van der Waals surface area contributed by atoms with Crippen LogP contribution in [0.3, 0.4) is 0 Å². The summed E-state index contributed by atoms with van der Waals surface area (Å²) in [5.74, 6) is 1.99. The zero-order chi connectivity index (χ0) is 15.4. The Hall–Kier alpha value is -1.53. The van der Waals surface area contributed by atoms with Crippen LogP contribution in [0.1, 0.15) is 18.3 Å². The summed E-state index contributed by atoms with van der Waals surface area (Å²) in [5.41, 5.74) is 7.96. The minimum Gasteiger partial charge on any atom is -0.389 e. The van der Waals surface area contributed by atoms with E-state index in [-0.39, 0.29) is 0 Å². The van der Waals surface area contributed by atoms with Gasteiger partial charge in [-0.3, -0.25) is 0 Å². The van der Waals surface area contributed by atoms with Crippen LogP contribution in [0, 0.1) is 0 Å². The van der Waals surface area contributed by atoms with Gasteiger partial charge in [0, 0.05) is 42.6 Å². The van der Waals surface area contributed by atoms with Crippen molar-refractivity contribution < 1.29 is 0 Å². The number of imidazole rings is 1. The number of rotatable bonds is 6. The lowest BCUT2D eigenvalue weighted by molar-refractivity contribution is 0.761. The molecule has 0 aliphatic heterocycles. The molecule has 0 amide bonds. The van der Waals surface area contributed by atoms with Crippen molar-refractivity contribution in [2.24, 2.45) is 12.8 Å². The van der Waals surface area contributed by atoms with Gasteiger partial charge in [0.25, 0.3) is 0 Å². The number of benzene rings is 1. The molecule has 1 aromatic carbocycles. The normalized spacial score (nSPS) is 10.6. The second-order valence-electron chi connectivity index (χ2n) is 4.76. The van der Waals surface area contributed by atoms with E-state index in [0.717, 1.165) is 27.7 Å². The second kappa shape index (κ2) is 6.95. The maximum Gasteiger partial charge on any atom is 0.127 e. The van der Waals surface area contributed by atoms with E-state index in [4.69, 9.17) is 18.0 Å². The van der Waals surface area contributed by atoms with Crippen LogP contribution in [-0.4, -0.2) is 27.3 Å². The summed E-state index contributed by atoms with van der Waals surface area (Å²) in [6, 6.07) is 6.17. The van der Waals surface area contributed by atoms with E-state index in [2.05, 4.69) is 28.9 Å². The highest BCUT2D eigenvalue weighted by Crippen LogP contribution is 2.30. The zero-order valence-electron chi connectivity index (χ0n) is 12.5. The molecule has 0 bridgehead atoms. The van der Waals surface area contributed by atoms with Crippen LogP contribution in [0.4, 0.5) is 5.69 Å². The topological polar surface area (TPSA) is 47.1 Å². The lowest BCUT2D eigenvalue weighted by Crippen LogP contribution is -2.23. The Labute approximate surface area is 135 Å². The molecule has 112 valence electrons. The molecular formula is C15H20N4S2. The van der Waals surface area contributed by atoms with Crippen molar-refractivity contribution in [1.29, 1.82) is 0 Å². The highest BCUT2D eigenvalue weighted by Gasteiger charge is 2.15. The summed E-state index contributed by atoms with van der Waals surface area (Å²) in [4.78, 5) is 8.07. The van der Waals surface area contributed by atoms with E-state index in [0.29, 0.717) is 11.5 Å². The summed E-state index contributed by atoms with van der Waals surface area (Å²) in [7, 11) is 4.03. The first-order chi connectivity index (χ1) is 10.0. The molecule has 0 unspecified atom stereocenters. The first kappa shape index (κ1) is 15.9. The SMILES string of the molecule is CCSc1cccc(N(C)Cc2nccn2C)c1C(N)=S. The van der Waals surface area contributed by atoms with Gasteiger partial charge in [-0.15, -0.1) is 11.8 Å². The van der Waals surface area contributed by atoms with Gasteiger partial charge in [0.05, 0.1) is 6.54 Å². The van der Waals surface area contributed by atoms with Gasteiger partial charge in [-0.25, -0.2) is 4.98 Å². The van der Waals surface area contributed by atoms with E-state index < -0.39 is 0 Å². The molecule has 1 heterocycles. The molecule has 0 aliphatic carbocycles. The maximum atomic E-state index is 5.96. The standard InChI is InChI=1S/C15H20N4S2/c1-4-21-12-7-5-6-11(14(12)15(16)20)19(3)10-13-17-8-9-18(13)2/h5-9H,4,10H2,1-3H3,(H2,16,20). The molecule has 1 aromatic heterocycles. The Balaban J connectivity index is 2.36. The molecule has 6 heteroatoms. The predicted molar refractivity (Wildman–Crippen MR) is 94.0 cm³/mol. The number of nitrogens with two attached hydrogens (primary N) is 1. The lowest BCUT2D eigenvalue weighted by Gasteiger charge is -2.23. The molecule has 2 aromatic rings. The average molecular weight is 320 g/mol. The fraction of sp³-hybridized carbons (Fsp3) is 0.333. The molecule has 0 atom stereocenters. The van der Waals surface area contributed by atoms with Gasteiger partial charge in [0.2, 0.25) is 0 Å². The van der Waals surface area contributed by atoms with Crippen LogP contribution in [0.5, 0.6) is 0 Å². The third-order valence-electron chi connectivity index (χ3n) is 3.26. The monoisotopic (exact) mass is 320 g/mol. The first-order valence-electron chi connectivity index (χ1n) is 6.77. The summed E-state index contributed by atoms with van der Waals surface area (Å²) in [6.07, 6.45) is 3.75. The Morgan fingerprint density at radius 3 is 2.81 bits per heavy atom. The zero-order valence-corrected chi connectivity index (χ0v) is 14.2. The molecule has 0 radical (unpaired) electrons. The van der Waals surface area contributed by atoms with Gasteiger partial charge in [0.1, 0.15) is 10.8 Å². The predicted octanol–water partition coefficient (Wildman–Crippen LogP) is 2.80. The smallest absolute Gasteiger partial charge is 0.127 e. The quantitative estimate of drug-likeness (QED) is 0.655. The van der Waals surface area contributed by atoms with Crippen molar-refractivity contribution in [1.82, 2.24) is 9.55 Å². The molecule has 4 nitrogen and oxygen atoms in total.